The molecule has 1 aliphatic rings. The van der Waals surface area contributed by atoms with Crippen LogP contribution in [0, 0.1) is 5.41 Å². The monoisotopic (exact) mass is 288 g/mol. The molecular formula is C18H28N2O. The molecule has 116 valence electrons. The van der Waals surface area contributed by atoms with E-state index in [0.29, 0.717) is 5.92 Å². The first kappa shape index (κ1) is 16.0. The third-order valence-electron chi connectivity index (χ3n) is 4.91. The number of nitrogens with two attached hydrogens (primary N) is 1. The zero-order valence-electron chi connectivity index (χ0n) is 13.6. The van der Waals surface area contributed by atoms with Crippen LogP contribution in [-0.2, 0) is 11.3 Å². The minimum atomic E-state index is -0.323. The molecule has 1 aromatic rings. The first-order chi connectivity index (χ1) is 9.97. The van der Waals surface area contributed by atoms with E-state index >= 15 is 0 Å². The molecule has 1 saturated heterocycles. The molecule has 1 aliphatic heterocycles. The average Bonchev–Trinajstić information content (AvgIpc) is 2.47. The summed E-state index contributed by atoms with van der Waals surface area (Å²) in [6, 6.07) is 8.85. The summed E-state index contributed by atoms with van der Waals surface area (Å²) < 4.78 is 0. The molecule has 1 unspecified atom stereocenters. The SMILES string of the molecule is CCC1(C(N)=O)CCCN(Cc2ccc(C(C)C)cc2)C1. The van der Waals surface area contributed by atoms with Crippen LogP contribution in [0.3, 0.4) is 0 Å². The van der Waals surface area contributed by atoms with Gasteiger partial charge in [-0.2, -0.15) is 0 Å². The Balaban J connectivity index is 2.04. The van der Waals surface area contributed by atoms with E-state index in [2.05, 4.69) is 49.9 Å². The van der Waals surface area contributed by atoms with Gasteiger partial charge in [-0.3, -0.25) is 9.69 Å². The maximum absolute atomic E-state index is 11.8. The summed E-state index contributed by atoms with van der Waals surface area (Å²) in [4.78, 5) is 14.2. The highest BCUT2D eigenvalue weighted by molar-refractivity contribution is 5.81. The summed E-state index contributed by atoms with van der Waals surface area (Å²) >= 11 is 0. The molecule has 0 radical (unpaired) electrons. The van der Waals surface area contributed by atoms with Crippen LogP contribution in [0.1, 0.15) is 57.1 Å². The largest absolute Gasteiger partial charge is 0.369 e. The van der Waals surface area contributed by atoms with Gasteiger partial charge in [-0.25, -0.2) is 0 Å². The Bertz CT molecular complexity index is 480. The van der Waals surface area contributed by atoms with Gasteiger partial charge in [0.15, 0.2) is 0 Å². The first-order valence-electron chi connectivity index (χ1n) is 8.08. The number of amides is 1. The summed E-state index contributed by atoms with van der Waals surface area (Å²) in [5, 5.41) is 0. The summed E-state index contributed by atoms with van der Waals surface area (Å²) in [6.45, 7) is 9.26. The van der Waals surface area contributed by atoms with Crippen molar-refractivity contribution in [2.45, 2.75) is 52.5 Å². The van der Waals surface area contributed by atoms with Crippen LogP contribution in [0.2, 0.25) is 0 Å². The number of carbonyl (C=O) groups excluding carboxylic acids is 1. The lowest BCUT2D eigenvalue weighted by Gasteiger charge is -2.40. The van der Waals surface area contributed by atoms with Gasteiger partial charge >= 0.3 is 0 Å². The molecule has 1 aromatic carbocycles. The Morgan fingerprint density at radius 3 is 2.52 bits per heavy atom. The number of primary amides is 1. The van der Waals surface area contributed by atoms with E-state index in [-0.39, 0.29) is 11.3 Å². The number of rotatable bonds is 5. The predicted octanol–water partition coefficient (Wildman–Crippen LogP) is 3.29. The topological polar surface area (TPSA) is 46.3 Å². The van der Waals surface area contributed by atoms with Gasteiger partial charge in [0, 0.05) is 13.1 Å². The van der Waals surface area contributed by atoms with Crippen molar-refractivity contribution < 1.29 is 4.79 Å². The Hall–Kier alpha value is -1.35. The Labute approximate surface area is 128 Å². The van der Waals surface area contributed by atoms with Gasteiger partial charge in [0.2, 0.25) is 5.91 Å². The van der Waals surface area contributed by atoms with E-state index in [1.54, 1.807) is 0 Å². The van der Waals surface area contributed by atoms with Gasteiger partial charge in [-0.15, -0.1) is 0 Å². The molecule has 3 heteroatoms. The third-order valence-corrected chi connectivity index (χ3v) is 4.91. The second-order valence-electron chi connectivity index (χ2n) is 6.71. The molecule has 1 atom stereocenters. The fourth-order valence-electron chi connectivity index (χ4n) is 3.29. The minimum Gasteiger partial charge on any atom is -0.369 e. The highest BCUT2D eigenvalue weighted by Crippen LogP contribution is 2.33. The normalized spacial score (nSPS) is 23.4. The number of carbonyl (C=O) groups is 1. The van der Waals surface area contributed by atoms with E-state index in [9.17, 15) is 4.79 Å². The van der Waals surface area contributed by atoms with Crippen molar-refractivity contribution >= 4 is 5.91 Å². The van der Waals surface area contributed by atoms with Crippen LogP contribution in [0.4, 0.5) is 0 Å². The van der Waals surface area contributed by atoms with Crippen molar-refractivity contribution in [2.24, 2.45) is 11.1 Å². The van der Waals surface area contributed by atoms with Crippen molar-refractivity contribution in [3.05, 3.63) is 35.4 Å². The van der Waals surface area contributed by atoms with Crippen LogP contribution < -0.4 is 5.73 Å². The standard InChI is InChI=1S/C18H28N2O/c1-4-18(17(19)21)10-5-11-20(13-18)12-15-6-8-16(9-7-15)14(2)3/h6-9,14H,4-5,10-13H2,1-3H3,(H2,19,21). The Kier molecular flexibility index (Phi) is 5.04. The number of hydrogen-bond acceptors (Lipinski definition) is 2. The van der Waals surface area contributed by atoms with Crippen LogP contribution >= 0.6 is 0 Å². The minimum absolute atomic E-state index is 0.134. The molecule has 21 heavy (non-hydrogen) atoms. The third kappa shape index (κ3) is 3.65. The molecule has 1 fully saturated rings. The fraction of sp³-hybridized carbons (Fsp3) is 0.611. The second-order valence-corrected chi connectivity index (χ2v) is 6.71. The first-order valence-corrected chi connectivity index (χ1v) is 8.08. The van der Waals surface area contributed by atoms with Crippen LogP contribution in [0.5, 0.6) is 0 Å². The van der Waals surface area contributed by atoms with Crippen molar-refractivity contribution in [1.29, 1.82) is 0 Å². The average molecular weight is 288 g/mol. The zero-order valence-corrected chi connectivity index (χ0v) is 13.6. The Morgan fingerprint density at radius 2 is 2.00 bits per heavy atom. The van der Waals surface area contributed by atoms with Gasteiger partial charge in [0.1, 0.15) is 0 Å². The van der Waals surface area contributed by atoms with Crippen LogP contribution in [0.25, 0.3) is 0 Å². The quantitative estimate of drug-likeness (QED) is 0.903. The van der Waals surface area contributed by atoms with E-state index in [4.69, 9.17) is 5.73 Å². The van der Waals surface area contributed by atoms with Crippen molar-refractivity contribution in [2.75, 3.05) is 13.1 Å². The molecule has 2 N–H and O–H groups in total. The van der Waals surface area contributed by atoms with E-state index in [1.807, 2.05) is 0 Å². The highest BCUT2D eigenvalue weighted by atomic mass is 16.1. The number of hydrogen-bond donors (Lipinski definition) is 1. The number of benzene rings is 1. The van der Waals surface area contributed by atoms with Gasteiger partial charge in [-0.05, 0) is 42.9 Å². The molecule has 1 heterocycles. The maximum atomic E-state index is 11.8. The molecule has 0 aliphatic carbocycles. The number of nitrogens with zero attached hydrogens (tertiary/aromatic N) is 1. The van der Waals surface area contributed by atoms with Crippen molar-refractivity contribution in [3.8, 4) is 0 Å². The molecule has 0 bridgehead atoms. The predicted molar refractivity (Wildman–Crippen MR) is 87.0 cm³/mol. The van der Waals surface area contributed by atoms with Crippen molar-refractivity contribution in [3.63, 3.8) is 0 Å². The number of piperidine rings is 1. The highest BCUT2D eigenvalue weighted by Gasteiger charge is 2.38. The fourth-order valence-corrected chi connectivity index (χ4v) is 3.29. The molecule has 1 amide bonds. The molecule has 2 rings (SSSR count). The molecule has 0 saturated carbocycles. The van der Waals surface area contributed by atoms with Gasteiger partial charge in [0.25, 0.3) is 0 Å². The Morgan fingerprint density at radius 1 is 1.33 bits per heavy atom. The molecule has 0 spiro atoms. The molecular weight excluding hydrogens is 260 g/mol. The summed E-state index contributed by atoms with van der Waals surface area (Å²) in [5.74, 6) is 0.432. The van der Waals surface area contributed by atoms with Gasteiger partial charge in [-0.1, -0.05) is 45.0 Å². The van der Waals surface area contributed by atoms with Crippen LogP contribution in [-0.4, -0.2) is 23.9 Å². The molecule has 0 aromatic heterocycles. The lowest BCUT2D eigenvalue weighted by atomic mass is 9.77. The van der Waals surface area contributed by atoms with E-state index in [1.165, 1.54) is 11.1 Å². The summed E-state index contributed by atoms with van der Waals surface area (Å²) in [7, 11) is 0. The van der Waals surface area contributed by atoms with Crippen molar-refractivity contribution in [1.82, 2.24) is 4.90 Å². The zero-order chi connectivity index (χ0) is 15.5. The smallest absolute Gasteiger partial charge is 0.224 e. The lowest BCUT2D eigenvalue weighted by molar-refractivity contribution is -0.131. The summed E-state index contributed by atoms with van der Waals surface area (Å²) in [6.07, 6.45) is 2.83. The number of likely N-dealkylation sites (tertiary alicyclic amines) is 1. The second kappa shape index (κ2) is 6.61. The maximum Gasteiger partial charge on any atom is 0.224 e. The van der Waals surface area contributed by atoms with Gasteiger partial charge in [0.05, 0.1) is 5.41 Å². The summed E-state index contributed by atoms with van der Waals surface area (Å²) in [5.41, 5.74) is 8.02. The molecule has 3 nitrogen and oxygen atoms in total. The van der Waals surface area contributed by atoms with E-state index in [0.717, 1.165) is 38.9 Å². The lowest BCUT2D eigenvalue weighted by Crippen LogP contribution is -2.49. The van der Waals surface area contributed by atoms with Crippen LogP contribution in [0.15, 0.2) is 24.3 Å². The van der Waals surface area contributed by atoms with Gasteiger partial charge < -0.3 is 5.73 Å². The van der Waals surface area contributed by atoms with E-state index < -0.39 is 0 Å².